The minimum atomic E-state index is -1.26. The number of benzene rings is 2. The normalized spacial score (nSPS) is 14.1. The number of hydrogen-bond donors (Lipinski definition) is 2. The molecule has 0 saturated carbocycles. The molecule has 180 valence electrons. The molecule has 34 heavy (non-hydrogen) atoms. The fourth-order valence-electron chi connectivity index (χ4n) is 3.17. The van der Waals surface area contributed by atoms with Gasteiger partial charge in [-0.2, -0.15) is 0 Å². The molecule has 1 amide bonds. The van der Waals surface area contributed by atoms with Crippen molar-refractivity contribution < 1.29 is 29.5 Å². The molecule has 0 spiro atoms. The lowest BCUT2D eigenvalue weighted by Crippen LogP contribution is -2.48. The van der Waals surface area contributed by atoms with Crippen LogP contribution in [0.5, 0.6) is 0 Å². The number of carboxylic acid groups (broad SMARTS) is 2. The second kappa shape index (κ2) is 12.8. The molecule has 0 bridgehead atoms. The molecule has 1 aliphatic heterocycles. The summed E-state index contributed by atoms with van der Waals surface area (Å²) >= 11 is 0. The maximum atomic E-state index is 13.1. The average Bonchev–Trinajstić information content (AvgIpc) is 2.81. The molecule has 0 aromatic heterocycles. The number of nitro groups is 1. The summed E-state index contributed by atoms with van der Waals surface area (Å²) in [5, 5.41) is 26.7. The minimum absolute atomic E-state index is 0.0316. The summed E-state index contributed by atoms with van der Waals surface area (Å²) in [7, 11) is 2.07. The van der Waals surface area contributed by atoms with E-state index in [1.54, 1.807) is 17.0 Å². The second-order valence-corrected chi connectivity index (χ2v) is 7.43. The fraction of sp³-hybridized carbons (Fsp3) is 0.261. The Labute approximate surface area is 196 Å². The van der Waals surface area contributed by atoms with E-state index in [-0.39, 0.29) is 18.1 Å². The van der Waals surface area contributed by atoms with E-state index < -0.39 is 16.9 Å². The number of carboxylic acids is 2. The van der Waals surface area contributed by atoms with Crippen molar-refractivity contribution in [1.29, 1.82) is 0 Å². The third-order valence-electron chi connectivity index (χ3n) is 4.89. The number of piperazine rings is 1. The number of nitrogens with zero attached hydrogens (tertiary/aromatic N) is 4. The molecule has 3 rings (SSSR count). The van der Waals surface area contributed by atoms with Crippen LogP contribution in [0.25, 0.3) is 0 Å². The van der Waals surface area contributed by atoms with Gasteiger partial charge in [0.1, 0.15) is 0 Å². The van der Waals surface area contributed by atoms with Crippen molar-refractivity contribution in [3.63, 3.8) is 0 Å². The predicted octanol–water partition coefficient (Wildman–Crippen LogP) is 2.22. The number of amides is 1. The smallest absolute Gasteiger partial charge is 0.328 e. The summed E-state index contributed by atoms with van der Waals surface area (Å²) in [5.74, 6) is -2.61. The van der Waals surface area contributed by atoms with Gasteiger partial charge in [0.15, 0.2) is 0 Å². The van der Waals surface area contributed by atoms with Crippen LogP contribution in [0.15, 0.2) is 66.7 Å². The fourth-order valence-corrected chi connectivity index (χ4v) is 3.17. The van der Waals surface area contributed by atoms with Gasteiger partial charge in [-0.15, -0.1) is 0 Å². The first kappa shape index (κ1) is 26.2. The molecule has 1 saturated heterocycles. The van der Waals surface area contributed by atoms with Crippen molar-refractivity contribution in [2.45, 2.75) is 0 Å². The quantitative estimate of drug-likeness (QED) is 0.353. The number of non-ortho nitro benzene ring substituents is 1. The lowest BCUT2D eigenvalue weighted by Gasteiger charge is -2.33. The molecule has 1 heterocycles. The van der Waals surface area contributed by atoms with E-state index in [2.05, 4.69) is 16.8 Å². The molecular weight excluding hydrogens is 444 g/mol. The molecule has 0 atom stereocenters. The average molecular weight is 470 g/mol. The Hall–Kier alpha value is -4.09. The lowest BCUT2D eigenvalue weighted by atomic mass is 10.2. The van der Waals surface area contributed by atoms with Crippen molar-refractivity contribution in [1.82, 2.24) is 9.80 Å². The van der Waals surface area contributed by atoms with Gasteiger partial charge in [-0.1, -0.05) is 24.3 Å². The van der Waals surface area contributed by atoms with Crippen molar-refractivity contribution in [2.75, 3.05) is 44.7 Å². The molecule has 0 aliphatic carbocycles. The van der Waals surface area contributed by atoms with Gasteiger partial charge in [-0.05, 0) is 25.2 Å². The van der Waals surface area contributed by atoms with E-state index in [4.69, 9.17) is 10.2 Å². The summed E-state index contributed by atoms with van der Waals surface area (Å²) < 4.78 is 0. The number of rotatable bonds is 7. The molecule has 2 aromatic rings. The van der Waals surface area contributed by atoms with Crippen LogP contribution in [0.2, 0.25) is 0 Å². The highest BCUT2D eigenvalue weighted by atomic mass is 16.6. The van der Waals surface area contributed by atoms with Crippen LogP contribution in [0, 0.1) is 10.1 Å². The largest absolute Gasteiger partial charge is 0.478 e. The number of hydrogen-bond acceptors (Lipinski definition) is 7. The zero-order valence-corrected chi connectivity index (χ0v) is 18.6. The number of para-hydroxylation sites is 1. The highest BCUT2D eigenvalue weighted by Crippen LogP contribution is 2.28. The van der Waals surface area contributed by atoms with E-state index in [0.717, 1.165) is 26.2 Å². The van der Waals surface area contributed by atoms with Crippen molar-refractivity contribution in [2.24, 2.45) is 0 Å². The summed E-state index contributed by atoms with van der Waals surface area (Å²) in [4.78, 5) is 48.8. The maximum Gasteiger partial charge on any atom is 0.328 e. The highest BCUT2D eigenvalue weighted by Gasteiger charge is 2.24. The number of aliphatic carboxylic acids is 2. The molecule has 11 heteroatoms. The van der Waals surface area contributed by atoms with E-state index in [0.29, 0.717) is 23.5 Å². The van der Waals surface area contributed by atoms with Crippen LogP contribution in [-0.2, 0) is 14.4 Å². The van der Waals surface area contributed by atoms with Crippen molar-refractivity contribution in [3.8, 4) is 0 Å². The molecular formula is C23H26N4O7. The Morgan fingerprint density at radius 1 is 0.941 bits per heavy atom. The Morgan fingerprint density at radius 2 is 1.50 bits per heavy atom. The maximum absolute atomic E-state index is 13.1. The standard InChI is InChI=1S/C19H22N4O3.C4H4O4/c1-20-10-12-21(13-11-20)15-19(24)22(16-6-3-2-4-7-16)17-8-5-9-18(14-17)23(25)26;5-3(6)1-2-4(7)8/h2-9,14H,10-13,15H2,1H3;1-2H,(H,5,6)(H,7,8)/b;2-1-. The first-order valence-corrected chi connectivity index (χ1v) is 10.3. The number of likely N-dealkylation sites (N-methyl/N-ethyl adjacent to an activating group) is 1. The van der Waals surface area contributed by atoms with Crippen LogP contribution in [0.3, 0.4) is 0 Å². The third-order valence-corrected chi connectivity index (χ3v) is 4.89. The first-order chi connectivity index (χ1) is 16.2. The van der Waals surface area contributed by atoms with Gasteiger partial charge in [-0.3, -0.25) is 24.7 Å². The topological polar surface area (TPSA) is 145 Å². The molecule has 0 unspecified atom stereocenters. The molecule has 2 aromatic carbocycles. The van der Waals surface area contributed by atoms with Crippen molar-refractivity contribution >= 4 is 34.9 Å². The zero-order chi connectivity index (χ0) is 25.1. The predicted molar refractivity (Wildman–Crippen MR) is 125 cm³/mol. The van der Waals surface area contributed by atoms with Gasteiger partial charge in [0.05, 0.1) is 17.2 Å². The summed E-state index contributed by atoms with van der Waals surface area (Å²) in [5.41, 5.74) is 1.17. The Morgan fingerprint density at radius 3 is 2.03 bits per heavy atom. The number of nitro benzene ring substituents is 1. The lowest BCUT2D eigenvalue weighted by molar-refractivity contribution is -0.384. The van der Waals surface area contributed by atoms with Gasteiger partial charge in [0, 0.05) is 56.2 Å². The van der Waals surface area contributed by atoms with Crippen LogP contribution in [-0.4, -0.2) is 82.6 Å². The Bertz CT molecular complexity index is 1020. The summed E-state index contributed by atoms with van der Waals surface area (Å²) in [6.07, 6.45) is 1.12. The van der Waals surface area contributed by atoms with Crippen LogP contribution >= 0.6 is 0 Å². The number of carbonyl (C=O) groups excluding carboxylic acids is 1. The summed E-state index contributed by atoms with van der Waals surface area (Å²) in [6.45, 7) is 3.80. The third kappa shape index (κ3) is 8.45. The second-order valence-electron chi connectivity index (χ2n) is 7.43. The number of anilines is 2. The van der Waals surface area contributed by atoms with E-state index in [9.17, 15) is 24.5 Å². The zero-order valence-electron chi connectivity index (χ0n) is 18.6. The van der Waals surface area contributed by atoms with Crippen LogP contribution < -0.4 is 4.90 Å². The van der Waals surface area contributed by atoms with Gasteiger partial charge in [0.25, 0.3) is 5.69 Å². The molecule has 1 fully saturated rings. The Kier molecular flexibility index (Phi) is 9.87. The monoisotopic (exact) mass is 470 g/mol. The molecule has 11 nitrogen and oxygen atoms in total. The van der Waals surface area contributed by atoms with Gasteiger partial charge >= 0.3 is 11.9 Å². The molecule has 0 radical (unpaired) electrons. The summed E-state index contributed by atoms with van der Waals surface area (Å²) in [6, 6.07) is 15.4. The Balaban J connectivity index is 0.000000440. The van der Waals surface area contributed by atoms with Gasteiger partial charge < -0.3 is 15.1 Å². The molecule has 1 aliphatic rings. The number of carbonyl (C=O) groups is 3. The van der Waals surface area contributed by atoms with Crippen LogP contribution in [0.1, 0.15) is 0 Å². The van der Waals surface area contributed by atoms with Crippen LogP contribution in [0.4, 0.5) is 17.1 Å². The molecule has 2 N–H and O–H groups in total. The SMILES string of the molecule is CN1CCN(CC(=O)N(c2ccccc2)c2cccc([N+](=O)[O-])c2)CC1.O=C(O)/C=C\C(=O)O. The van der Waals surface area contributed by atoms with Gasteiger partial charge in [0.2, 0.25) is 5.91 Å². The van der Waals surface area contributed by atoms with E-state index in [1.165, 1.54) is 12.1 Å². The van der Waals surface area contributed by atoms with E-state index >= 15 is 0 Å². The highest BCUT2D eigenvalue weighted by molar-refractivity contribution is 6.01. The van der Waals surface area contributed by atoms with E-state index in [1.807, 2.05) is 30.3 Å². The van der Waals surface area contributed by atoms with Gasteiger partial charge in [-0.25, -0.2) is 9.59 Å². The minimum Gasteiger partial charge on any atom is -0.478 e. The van der Waals surface area contributed by atoms with Crippen molar-refractivity contribution in [3.05, 3.63) is 76.9 Å². The first-order valence-electron chi connectivity index (χ1n) is 10.3.